The number of amides is 1. The Morgan fingerprint density at radius 1 is 1.12 bits per heavy atom. The normalized spacial score (nSPS) is 23.0. The first-order chi connectivity index (χ1) is 12.5. The van der Waals surface area contributed by atoms with E-state index in [4.69, 9.17) is 4.42 Å². The minimum Gasteiger partial charge on any atom is -0.455 e. The van der Waals surface area contributed by atoms with Gasteiger partial charge in [0.2, 0.25) is 0 Å². The molecule has 2 aromatic rings. The molecular weight excluding hydrogens is 342 g/mol. The van der Waals surface area contributed by atoms with E-state index in [-0.39, 0.29) is 11.9 Å². The molecule has 3 rings (SSSR count). The van der Waals surface area contributed by atoms with Crippen LogP contribution < -0.4 is 5.32 Å². The minimum absolute atomic E-state index is 0.0780. The summed E-state index contributed by atoms with van der Waals surface area (Å²) < 4.78 is 5.77. The van der Waals surface area contributed by atoms with E-state index >= 15 is 0 Å². The van der Waals surface area contributed by atoms with Crippen molar-refractivity contribution < 1.29 is 9.21 Å². The van der Waals surface area contributed by atoms with Crippen LogP contribution in [0.3, 0.4) is 0 Å². The Morgan fingerprint density at radius 2 is 1.88 bits per heavy atom. The monoisotopic (exact) mass is 371 g/mol. The van der Waals surface area contributed by atoms with Crippen molar-refractivity contribution >= 4 is 17.7 Å². The molecule has 1 aromatic carbocycles. The van der Waals surface area contributed by atoms with Gasteiger partial charge in [-0.1, -0.05) is 56.5 Å². The summed E-state index contributed by atoms with van der Waals surface area (Å²) in [4.78, 5) is 12.5. The summed E-state index contributed by atoms with van der Waals surface area (Å²) >= 11 is 1.80. The Labute approximate surface area is 160 Å². The second-order valence-electron chi connectivity index (χ2n) is 7.59. The van der Waals surface area contributed by atoms with Gasteiger partial charge in [-0.15, -0.1) is 11.8 Å². The fourth-order valence-electron chi connectivity index (χ4n) is 3.56. The third-order valence-electron chi connectivity index (χ3n) is 5.54. The van der Waals surface area contributed by atoms with E-state index < -0.39 is 0 Å². The van der Waals surface area contributed by atoms with Gasteiger partial charge >= 0.3 is 0 Å². The maximum atomic E-state index is 12.5. The van der Waals surface area contributed by atoms with E-state index in [0.29, 0.717) is 17.6 Å². The van der Waals surface area contributed by atoms with Crippen LogP contribution in [0.15, 0.2) is 40.8 Å². The van der Waals surface area contributed by atoms with Crippen LogP contribution in [-0.4, -0.2) is 11.9 Å². The third kappa shape index (κ3) is 4.94. The molecule has 1 N–H and O–H groups in total. The van der Waals surface area contributed by atoms with Crippen molar-refractivity contribution in [3.05, 3.63) is 59.0 Å². The molecule has 0 unspecified atom stereocenters. The molecule has 1 amide bonds. The Kier molecular flexibility index (Phi) is 6.47. The second kappa shape index (κ2) is 8.81. The first kappa shape index (κ1) is 19.1. The molecule has 0 aliphatic heterocycles. The SMILES string of the molecule is Cc1ccc(CSCc2ccc(C(=O)N[C@@H]3CCC[C@@H](C)[C@H]3C)o2)cc1. The lowest BCUT2D eigenvalue weighted by Gasteiger charge is -2.34. The molecule has 0 bridgehead atoms. The molecule has 26 heavy (non-hydrogen) atoms. The van der Waals surface area contributed by atoms with Crippen LogP contribution in [0.25, 0.3) is 0 Å². The number of hydrogen-bond acceptors (Lipinski definition) is 3. The summed E-state index contributed by atoms with van der Waals surface area (Å²) in [7, 11) is 0. The molecule has 1 aromatic heterocycles. The van der Waals surface area contributed by atoms with Gasteiger partial charge in [-0.25, -0.2) is 0 Å². The number of furan rings is 1. The maximum absolute atomic E-state index is 12.5. The topological polar surface area (TPSA) is 42.2 Å². The van der Waals surface area contributed by atoms with Gasteiger partial charge in [0.1, 0.15) is 5.76 Å². The van der Waals surface area contributed by atoms with Crippen molar-refractivity contribution in [3.63, 3.8) is 0 Å². The van der Waals surface area contributed by atoms with Gasteiger partial charge in [0, 0.05) is 11.8 Å². The largest absolute Gasteiger partial charge is 0.455 e. The average Bonchev–Trinajstić information content (AvgIpc) is 3.10. The number of benzene rings is 1. The van der Waals surface area contributed by atoms with Gasteiger partial charge in [-0.2, -0.15) is 0 Å². The molecule has 0 spiro atoms. The number of hydrogen-bond donors (Lipinski definition) is 1. The quantitative estimate of drug-likeness (QED) is 0.721. The third-order valence-corrected chi connectivity index (χ3v) is 6.57. The summed E-state index contributed by atoms with van der Waals surface area (Å²) in [6, 6.07) is 12.6. The van der Waals surface area contributed by atoms with Crippen LogP contribution in [0, 0.1) is 18.8 Å². The molecule has 1 fully saturated rings. The zero-order valence-electron chi connectivity index (χ0n) is 16.0. The number of thioether (sulfide) groups is 1. The van der Waals surface area contributed by atoms with Crippen LogP contribution in [-0.2, 0) is 11.5 Å². The molecule has 1 aliphatic rings. The van der Waals surface area contributed by atoms with Gasteiger partial charge in [0.25, 0.3) is 5.91 Å². The van der Waals surface area contributed by atoms with Gasteiger partial charge in [0.05, 0.1) is 5.75 Å². The van der Waals surface area contributed by atoms with Crippen molar-refractivity contribution in [3.8, 4) is 0 Å². The lowest BCUT2D eigenvalue weighted by Crippen LogP contribution is -2.43. The van der Waals surface area contributed by atoms with Gasteiger partial charge in [-0.05, 0) is 42.9 Å². The zero-order chi connectivity index (χ0) is 18.5. The summed E-state index contributed by atoms with van der Waals surface area (Å²) in [5, 5.41) is 3.18. The van der Waals surface area contributed by atoms with Crippen LogP contribution in [0.4, 0.5) is 0 Å². The lowest BCUT2D eigenvalue weighted by atomic mass is 9.78. The molecule has 3 atom stereocenters. The average molecular weight is 372 g/mol. The number of carbonyl (C=O) groups excluding carboxylic acids is 1. The number of carbonyl (C=O) groups is 1. The van der Waals surface area contributed by atoms with Crippen molar-refractivity contribution in [2.45, 2.75) is 57.6 Å². The summed E-state index contributed by atoms with van der Waals surface area (Å²) in [5.41, 5.74) is 2.59. The first-order valence-corrected chi connectivity index (χ1v) is 10.7. The summed E-state index contributed by atoms with van der Waals surface area (Å²) in [6.07, 6.45) is 3.52. The van der Waals surface area contributed by atoms with Gasteiger partial charge in [0.15, 0.2) is 5.76 Å². The van der Waals surface area contributed by atoms with Crippen molar-refractivity contribution in [2.24, 2.45) is 11.8 Å². The van der Waals surface area contributed by atoms with Crippen LogP contribution in [0.2, 0.25) is 0 Å². The smallest absolute Gasteiger partial charge is 0.287 e. The van der Waals surface area contributed by atoms with Crippen LogP contribution in [0.5, 0.6) is 0 Å². The van der Waals surface area contributed by atoms with Crippen molar-refractivity contribution in [1.82, 2.24) is 5.32 Å². The minimum atomic E-state index is -0.0780. The molecule has 0 radical (unpaired) electrons. The highest BCUT2D eigenvalue weighted by Gasteiger charge is 2.29. The number of rotatable bonds is 6. The molecule has 140 valence electrons. The predicted octanol–water partition coefficient (Wildman–Crippen LogP) is 5.58. The second-order valence-corrected chi connectivity index (χ2v) is 8.58. The highest BCUT2D eigenvalue weighted by molar-refractivity contribution is 7.97. The van der Waals surface area contributed by atoms with E-state index in [1.165, 1.54) is 24.0 Å². The molecule has 0 saturated heterocycles. The molecule has 1 saturated carbocycles. The Bertz CT molecular complexity index is 722. The number of aryl methyl sites for hydroxylation is 1. The maximum Gasteiger partial charge on any atom is 0.287 e. The van der Waals surface area contributed by atoms with Gasteiger partial charge < -0.3 is 9.73 Å². The summed E-state index contributed by atoms with van der Waals surface area (Å²) in [6.45, 7) is 6.62. The number of nitrogens with one attached hydrogen (secondary N) is 1. The van der Waals surface area contributed by atoms with Crippen LogP contribution >= 0.6 is 11.8 Å². The van der Waals surface area contributed by atoms with Gasteiger partial charge in [-0.3, -0.25) is 4.79 Å². The lowest BCUT2D eigenvalue weighted by molar-refractivity contribution is 0.0861. The van der Waals surface area contributed by atoms with E-state index in [1.54, 1.807) is 17.8 Å². The first-order valence-electron chi connectivity index (χ1n) is 9.56. The molecular formula is C22H29NO2S. The highest BCUT2D eigenvalue weighted by Crippen LogP contribution is 2.29. The molecule has 3 nitrogen and oxygen atoms in total. The van der Waals surface area contributed by atoms with E-state index in [1.807, 2.05) is 6.07 Å². The van der Waals surface area contributed by atoms with Crippen molar-refractivity contribution in [1.29, 1.82) is 0 Å². The fraction of sp³-hybridized carbons (Fsp3) is 0.500. The van der Waals surface area contributed by atoms with Crippen LogP contribution in [0.1, 0.15) is 60.6 Å². The Hall–Kier alpha value is -1.68. The Morgan fingerprint density at radius 3 is 2.65 bits per heavy atom. The predicted molar refractivity (Wildman–Crippen MR) is 108 cm³/mol. The summed E-state index contributed by atoms with van der Waals surface area (Å²) in [5.74, 6) is 4.12. The standard InChI is InChI=1S/C22H29NO2S/c1-15-7-9-18(10-8-15)13-26-14-19-11-12-21(25-19)22(24)23-20-6-4-5-16(2)17(20)3/h7-12,16-17,20H,4-6,13-14H2,1-3H3,(H,23,24)/t16-,17-,20-/m1/s1. The molecule has 4 heteroatoms. The van der Waals surface area contributed by atoms with Crippen molar-refractivity contribution in [2.75, 3.05) is 0 Å². The molecule has 1 aliphatic carbocycles. The van der Waals surface area contributed by atoms with E-state index in [9.17, 15) is 4.79 Å². The fourth-order valence-corrected chi connectivity index (χ4v) is 4.44. The highest BCUT2D eigenvalue weighted by atomic mass is 32.2. The molecule has 1 heterocycles. The Balaban J connectivity index is 1.49. The van der Waals surface area contributed by atoms with E-state index in [0.717, 1.165) is 23.7 Å². The zero-order valence-corrected chi connectivity index (χ0v) is 16.8. The van der Waals surface area contributed by atoms with E-state index in [2.05, 4.69) is 50.4 Å².